The Hall–Kier alpha value is -1.53. The summed E-state index contributed by atoms with van der Waals surface area (Å²) in [6.45, 7) is 0. The van der Waals surface area contributed by atoms with Crippen LogP contribution in [0.15, 0.2) is 18.5 Å². The molecule has 2 N–H and O–H groups in total. The predicted molar refractivity (Wildman–Crippen MR) is 58.7 cm³/mol. The van der Waals surface area contributed by atoms with Gasteiger partial charge < -0.3 is 5.73 Å². The molecule has 2 aromatic rings. The van der Waals surface area contributed by atoms with E-state index in [9.17, 15) is 0 Å². The first kappa shape index (κ1) is 11.0. The molecule has 16 heavy (non-hydrogen) atoms. The Balaban J connectivity index is 2.14. The molecular weight excluding hydrogens is 228 g/mol. The lowest BCUT2D eigenvalue weighted by Crippen LogP contribution is -2.15. The van der Waals surface area contributed by atoms with Gasteiger partial charge in [0.05, 0.1) is 12.1 Å². The maximum Gasteiger partial charge on any atom is 0.176 e. The highest BCUT2D eigenvalue weighted by atomic mass is 35.5. The minimum atomic E-state index is -0.250. The third-order valence-electron chi connectivity index (χ3n) is 2.16. The average Bonchev–Trinajstić information content (AvgIpc) is 2.64. The minimum Gasteiger partial charge on any atom is -0.324 e. The van der Waals surface area contributed by atoms with Crippen molar-refractivity contribution < 1.29 is 0 Å². The number of hydrogen-bond donors (Lipinski definition) is 1. The summed E-state index contributed by atoms with van der Waals surface area (Å²) in [4.78, 5) is 5.30. The first-order valence-corrected chi connectivity index (χ1v) is 5.12. The molecule has 1 unspecified atom stereocenters. The third-order valence-corrected chi connectivity index (χ3v) is 2.47. The largest absolute Gasteiger partial charge is 0.324 e. The average molecular weight is 239 g/mol. The molecule has 0 bridgehead atoms. The van der Waals surface area contributed by atoms with E-state index in [-0.39, 0.29) is 6.04 Å². The van der Waals surface area contributed by atoms with Crippen molar-refractivity contribution in [1.82, 2.24) is 25.2 Å². The van der Waals surface area contributed by atoms with Gasteiger partial charge in [-0.2, -0.15) is 4.80 Å². The SMILES string of the molecule is Cn1nnc(CC(N)c2ccncc2Cl)n1. The van der Waals surface area contributed by atoms with Crippen molar-refractivity contribution in [3.63, 3.8) is 0 Å². The molecule has 0 spiro atoms. The van der Waals surface area contributed by atoms with Crippen LogP contribution in [-0.4, -0.2) is 25.2 Å². The predicted octanol–water partition coefficient (Wildman–Crippen LogP) is 0.501. The van der Waals surface area contributed by atoms with Crippen molar-refractivity contribution >= 4 is 11.6 Å². The van der Waals surface area contributed by atoms with Crippen LogP contribution in [-0.2, 0) is 13.5 Å². The summed E-state index contributed by atoms with van der Waals surface area (Å²) in [5.41, 5.74) is 6.85. The van der Waals surface area contributed by atoms with Gasteiger partial charge in [-0.15, -0.1) is 10.2 Å². The van der Waals surface area contributed by atoms with Gasteiger partial charge in [0.1, 0.15) is 0 Å². The Morgan fingerprint density at radius 1 is 1.56 bits per heavy atom. The van der Waals surface area contributed by atoms with Gasteiger partial charge in [0.2, 0.25) is 0 Å². The Kier molecular flexibility index (Phi) is 3.12. The van der Waals surface area contributed by atoms with Crippen LogP contribution in [0.5, 0.6) is 0 Å². The van der Waals surface area contributed by atoms with E-state index >= 15 is 0 Å². The standard InChI is InChI=1S/C9H11ClN6/c1-16-14-9(13-15-16)4-8(11)6-2-3-12-5-7(6)10/h2-3,5,8H,4,11H2,1H3. The molecule has 0 aliphatic carbocycles. The monoisotopic (exact) mass is 238 g/mol. The first-order chi connectivity index (χ1) is 7.66. The van der Waals surface area contributed by atoms with E-state index in [4.69, 9.17) is 17.3 Å². The van der Waals surface area contributed by atoms with Crippen LogP contribution in [0, 0.1) is 0 Å². The molecule has 1 atom stereocenters. The van der Waals surface area contributed by atoms with Crippen molar-refractivity contribution in [3.05, 3.63) is 34.9 Å². The van der Waals surface area contributed by atoms with Gasteiger partial charge in [-0.25, -0.2) is 0 Å². The fourth-order valence-electron chi connectivity index (χ4n) is 1.40. The van der Waals surface area contributed by atoms with Gasteiger partial charge in [-0.05, 0) is 16.8 Å². The fourth-order valence-corrected chi connectivity index (χ4v) is 1.66. The van der Waals surface area contributed by atoms with Crippen molar-refractivity contribution in [2.45, 2.75) is 12.5 Å². The summed E-state index contributed by atoms with van der Waals surface area (Å²) >= 11 is 5.99. The van der Waals surface area contributed by atoms with Crippen molar-refractivity contribution in [3.8, 4) is 0 Å². The lowest BCUT2D eigenvalue weighted by atomic mass is 10.1. The lowest BCUT2D eigenvalue weighted by Gasteiger charge is -2.10. The van der Waals surface area contributed by atoms with E-state index in [0.29, 0.717) is 17.3 Å². The second kappa shape index (κ2) is 4.54. The quantitative estimate of drug-likeness (QED) is 0.842. The van der Waals surface area contributed by atoms with Gasteiger partial charge in [0.15, 0.2) is 5.82 Å². The number of halogens is 1. The number of hydrogen-bond acceptors (Lipinski definition) is 5. The Bertz CT molecular complexity index is 482. The smallest absolute Gasteiger partial charge is 0.176 e. The maximum absolute atomic E-state index is 6.01. The zero-order chi connectivity index (χ0) is 11.5. The van der Waals surface area contributed by atoms with Gasteiger partial charge in [0, 0.05) is 24.9 Å². The molecule has 0 fully saturated rings. The second-order valence-electron chi connectivity index (χ2n) is 3.40. The molecule has 0 saturated heterocycles. The molecule has 0 aliphatic heterocycles. The third kappa shape index (κ3) is 2.34. The molecule has 7 heteroatoms. The molecule has 0 aliphatic rings. The van der Waals surface area contributed by atoms with E-state index in [0.717, 1.165) is 5.56 Å². The van der Waals surface area contributed by atoms with Crippen LogP contribution in [0.4, 0.5) is 0 Å². The molecular formula is C9H11ClN6. The summed E-state index contributed by atoms with van der Waals surface area (Å²) in [6, 6.07) is 1.54. The Morgan fingerprint density at radius 3 is 3.00 bits per heavy atom. The number of aryl methyl sites for hydroxylation is 1. The molecule has 2 rings (SSSR count). The van der Waals surface area contributed by atoms with Crippen LogP contribution >= 0.6 is 11.6 Å². The summed E-state index contributed by atoms with van der Waals surface area (Å²) in [5.74, 6) is 0.600. The number of pyridine rings is 1. The van der Waals surface area contributed by atoms with Crippen LogP contribution < -0.4 is 5.73 Å². The number of tetrazole rings is 1. The molecule has 0 aromatic carbocycles. The minimum absolute atomic E-state index is 0.250. The van der Waals surface area contributed by atoms with Gasteiger partial charge in [-0.3, -0.25) is 4.98 Å². The highest BCUT2D eigenvalue weighted by molar-refractivity contribution is 6.31. The van der Waals surface area contributed by atoms with E-state index in [2.05, 4.69) is 20.4 Å². The molecule has 0 amide bonds. The van der Waals surface area contributed by atoms with Crippen molar-refractivity contribution in [2.24, 2.45) is 12.8 Å². The zero-order valence-corrected chi connectivity index (χ0v) is 9.46. The van der Waals surface area contributed by atoms with Crippen molar-refractivity contribution in [2.75, 3.05) is 0 Å². The fraction of sp³-hybridized carbons (Fsp3) is 0.333. The Labute approximate surface area is 97.4 Å². The first-order valence-electron chi connectivity index (χ1n) is 4.74. The molecule has 0 saturated carbocycles. The molecule has 2 aromatic heterocycles. The van der Waals surface area contributed by atoms with E-state index in [1.54, 1.807) is 25.5 Å². The van der Waals surface area contributed by atoms with Crippen LogP contribution in [0.1, 0.15) is 17.4 Å². The maximum atomic E-state index is 6.01. The van der Waals surface area contributed by atoms with Crippen LogP contribution in [0.3, 0.4) is 0 Å². The highest BCUT2D eigenvalue weighted by Crippen LogP contribution is 2.21. The summed E-state index contributed by atoms with van der Waals surface area (Å²) in [7, 11) is 1.71. The normalized spacial score (nSPS) is 12.7. The number of nitrogens with zero attached hydrogens (tertiary/aromatic N) is 5. The lowest BCUT2D eigenvalue weighted by molar-refractivity contribution is 0.622. The summed E-state index contributed by atoms with van der Waals surface area (Å²) < 4.78 is 0. The molecule has 2 heterocycles. The number of aromatic nitrogens is 5. The number of rotatable bonds is 3. The van der Waals surface area contributed by atoms with Gasteiger partial charge in [-0.1, -0.05) is 11.6 Å². The van der Waals surface area contributed by atoms with E-state index < -0.39 is 0 Å². The van der Waals surface area contributed by atoms with Crippen molar-refractivity contribution in [1.29, 1.82) is 0 Å². The molecule has 84 valence electrons. The molecule has 0 radical (unpaired) electrons. The van der Waals surface area contributed by atoms with Crippen LogP contribution in [0.2, 0.25) is 5.02 Å². The molecule has 6 nitrogen and oxygen atoms in total. The van der Waals surface area contributed by atoms with E-state index in [1.807, 2.05) is 0 Å². The zero-order valence-electron chi connectivity index (χ0n) is 8.71. The topological polar surface area (TPSA) is 82.5 Å². The van der Waals surface area contributed by atoms with Crippen LogP contribution in [0.25, 0.3) is 0 Å². The summed E-state index contributed by atoms with van der Waals surface area (Å²) in [6.07, 6.45) is 3.73. The second-order valence-corrected chi connectivity index (χ2v) is 3.81. The number of nitrogens with two attached hydrogens (primary N) is 1. The summed E-state index contributed by atoms with van der Waals surface area (Å²) in [5, 5.41) is 12.2. The van der Waals surface area contributed by atoms with Gasteiger partial charge >= 0.3 is 0 Å². The Morgan fingerprint density at radius 2 is 2.38 bits per heavy atom. The highest BCUT2D eigenvalue weighted by Gasteiger charge is 2.13. The van der Waals surface area contributed by atoms with Gasteiger partial charge in [0.25, 0.3) is 0 Å². The van der Waals surface area contributed by atoms with E-state index in [1.165, 1.54) is 4.80 Å².